The van der Waals surface area contributed by atoms with Crippen LogP contribution in [0.3, 0.4) is 0 Å². The van der Waals surface area contributed by atoms with Crippen molar-refractivity contribution in [1.29, 1.82) is 0 Å². The zero-order valence-corrected chi connectivity index (χ0v) is 11.1. The number of carbonyl (C=O) groups excluding carboxylic acids is 2. The summed E-state index contributed by atoms with van der Waals surface area (Å²) >= 11 is 0. The van der Waals surface area contributed by atoms with Gasteiger partial charge in [0.05, 0.1) is 0 Å². The molecule has 0 aromatic heterocycles. The zero-order valence-electron chi connectivity index (χ0n) is 11.1. The number of fused-ring (bicyclic) bond motifs is 1. The Bertz CT molecular complexity index is 606. The van der Waals surface area contributed by atoms with Gasteiger partial charge in [0.2, 0.25) is 11.6 Å². The van der Waals surface area contributed by atoms with E-state index in [1.165, 1.54) is 0 Å². The first kappa shape index (κ1) is 13.3. The molecule has 0 amide bonds. The molecule has 0 bridgehead atoms. The number of hydrogen-bond donors (Lipinski definition) is 1. The molecular weight excluding hydrogens is 240 g/mol. The first-order valence-electron chi connectivity index (χ1n) is 6.11. The quantitative estimate of drug-likeness (QED) is 0.666. The highest BCUT2D eigenvalue weighted by Crippen LogP contribution is 2.35. The van der Waals surface area contributed by atoms with E-state index in [0.29, 0.717) is 12.0 Å². The van der Waals surface area contributed by atoms with Crippen LogP contribution in [-0.4, -0.2) is 16.7 Å². The minimum Gasteiger partial charge on any atom is -0.507 e. The van der Waals surface area contributed by atoms with Crippen LogP contribution in [0.15, 0.2) is 42.5 Å². The molecule has 0 atom stereocenters. The molecule has 2 rings (SSSR count). The predicted octanol–water partition coefficient (Wildman–Crippen LogP) is 3.32. The van der Waals surface area contributed by atoms with Crippen LogP contribution in [0.2, 0.25) is 0 Å². The van der Waals surface area contributed by atoms with Gasteiger partial charge in [0, 0.05) is 16.7 Å². The van der Waals surface area contributed by atoms with Gasteiger partial charge in [0.1, 0.15) is 5.76 Å². The van der Waals surface area contributed by atoms with Crippen molar-refractivity contribution < 1.29 is 14.7 Å². The lowest BCUT2D eigenvalue weighted by atomic mass is 9.79. The second-order valence-corrected chi connectivity index (χ2v) is 5.40. The standard InChI is InChI=1S/C16H16O3/c1-4-16(2,3)9-12-13(17)10-7-5-6-8-11(10)14(18)15(12)19/h4-8,17H,1,9H2,2-3H3. The molecule has 3 heteroatoms. The van der Waals surface area contributed by atoms with Gasteiger partial charge in [-0.2, -0.15) is 0 Å². The van der Waals surface area contributed by atoms with Crippen LogP contribution >= 0.6 is 0 Å². The van der Waals surface area contributed by atoms with Crippen molar-refractivity contribution in [2.24, 2.45) is 5.41 Å². The summed E-state index contributed by atoms with van der Waals surface area (Å²) in [6, 6.07) is 6.61. The summed E-state index contributed by atoms with van der Waals surface area (Å²) in [5.74, 6) is -1.26. The van der Waals surface area contributed by atoms with Gasteiger partial charge in [0.15, 0.2) is 0 Å². The molecular formula is C16H16O3. The highest BCUT2D eigenvalue weighted by Gasteiger charge is 2.34. The fraction of sp³-hybridized carbons (Fsp3) is 0.250. The molecule has 0 unspecified atom stereocenters. The van der Waals surface area contributed by atoms with Gasteiger partial charge in [0.25, 0.3) is 0 Å². The lowest BCUT2D eigenvalue weighted by molar-refractivity contribution is -0.112. The van der Waals surface area contributed by atoms with Crippen LogP contribution in [0.1, 0.15) is 36.2 Å². The van der Waals surface area contributed by atoms with Crippen LogP contribution in [0.4, 0.5) is 0 Å². The number of carbonyl (C=O) groups is 2. The van der Waals surface area contributed by atoms with Crippen molar-refractivity contribution in [3.05, 3.63) is 53.6 Å². The molecule has 0 fully saturated rings. The molecule has 0 saturated carbocycles. The number of hydrogen-bond acceptors (Lipinski definition) is 3. The molecule has 0 saturated heterocycles. The van der Waals surface area contributed by atoms with E-state index < -0.39 is 11.6 Å². The number of benzene rings is 1. The summed E-state index contributed by atoms with van der Waals surface area (Å²) in [4.78, 5) is 24.1. The average Bonchev–Trinajstić information content (AvgIpc) is 2.41. The van der Waals surface area contributed by atoms with E-state index in [9.17, 15) is 14.7 Å². The summed E-state index contributed by atoms with van der Waals surface area (Å²) in [6.45, 7) is 7.51. The fourth-order valence-corrected chi connectivity index (χ4v) is 2.11. The molecule has 0 aliphatic heterocycles. The lowest BCUT2D eigenvalue weighted by Gasteiger charge is -2.24. The third-order valence-corrected chi connectivity index (χ3v) is 3.38. The summed E-state index contributed by atoms with van der Waals surface area (Å²) in [7, 11) is 0. The number of ketones is 2. The largest absolute Gasteiger partial charge is 0.507 e. The third kappa shape index (κ3) is 2.24. The van der Waals surface area contributed by atoms with Crippen molar-refractivity contribution in [3.8, 4) is 0 Å². The smallest absolute Gasteiger partial charge is 0.234 e. The molecule has 0 spiro atoms. The van der Waals surface area contributed by atoms with Crippen molar-refractivity contribution in [3.63, 3.8) is 0 Å². The minimum atomic E-state index is -0.619. The molecule has 98 valence electrons. The molecule has 1 N–H and O–H groups in total. The average molecular weight is 256 g/mol. The minimum absolute atomic E-state index is 0.0878. The van der Waals surface area contributed by atoms with Crippen molar-refractivity contribution >= 4 is 17.3 Å². The normalized spacial score (nSPS) is 15.5. The highest BCUT2D eigenvalue weighted by molar-refractivity contribution is 6.52. The Morgan fingerprint density at radius 1 is 1.16 bits per heavy atom. The van der Waals surface area contributed by atoms with Crippen molar-refractivity contribution in [2.75, 3.05) is 0 Å². The number of Topliss-reactive ketones (excluding diaryl/α,β-unsaturated/α-hetero) is 2. The molecule has 0 radical (unpaired) electrons. The van der Waals surface area contributed by atoms with Gasteiger partial charge in [-0.05, 0) is 11.8 Å². The van der Waals surface area contributed by atoms with Gasteiger partial charge < -0.3 is 5.11 Å². The summed E-state index contributed by atoms with van der Waals surface area (Å²) < 4.78 is 0. The van der Waals surface area contributed by atoms with E-state index in [0.717, 1.165) is 0 Å². The second-order valence-electron chi connectivity index (χ2n) is 5.40. The topological polar surface area (TPSA) is 54.4 Å². The molecule has 3 nitrogen and oxygen atoms in total. The van der Waals surface area contributed by atoms with E-state index in [4.69, 9.17) is 0 Å². The van der Waals surface area contributed by atoms with Crippen LogP contribution in [0, 0.1) is 5.41 Å². The van der Waals surface area contributed by atoms with Crippen LogP contribution in [-0.2, 0) is 4.79 Å². The van der Waals surface area contributed by atoms with Crippen molar-refractivity contribution in [1.82, 2.24) is 0 Å². The number of aliphatic hydroxyl groups excluding tert-OH is 1. The third-order valence-electron chi connectivity index (χ3n) is 3.38. The maximum absolute atomic E-state index is 12.1. The molecule has 1 aliphatic rings. The Labute approximate surface area is 112 Å². The van der Waals surface area contributed by atoms with Gasteiger partial charge in [-0.3, -0.25) is 9.59 Å². The van der Waals surface area contributed by atoms with E-state index in [2.05, 4.69) is 6.58 Å². The fourth-order valence-electron chi connectivity index (χ4n) is 2.11. The Balaban J connectivity index is 2.57. The van der Waals surface area contributed by atoms with Gasteiger partial charge in [-0.25, -0.2) is 0 Å². The van der Waals surface area contributed by atoms with Crippen LogP contribution in [0.5, 0.6) is 0 Å². The predicted molar refractivity (Wildman–Crippen MR) is 73.9 cm³/mol. The summed E-state index contributed by atoms with van der Waals surface area (Å²) in [6.07, 6.45) is 2.01. The van der Waals surface area contributed by atoms with Gasteiger partial charge >= 0.3 is 0 Å². The van der Waals surface area contributed by atoms with E-state index in [1.807, 2.05) is 13.8 Å². The lowest BCUT2D eigenvalue weighted by Crippen LogP contribution is -2.26. The van der Waals surface area contributed by atoms with E-state index in [-0.39, 0.29) is 22.3 Å². The number of aliphatic hydroxyl groups is 1. The second kappa shape index (κ2) is 4.50. The zero-order chi connectivity index (χ0) is 14.2. The summed E-state index contributed by atoms with van der Waals surface area (Å²) in [5.41, 5.74) is 0.520. The van der Waals surface area contributed by atoms with E-state index in [1.54, 1.807) is 30.3 Å². The first-order valence-corrected chi connectivity index (χ1v) is 6.11. The Morgan fingerprint density at radius 3 is 2.32 bits per heavy atom. The monoisotopic (exact) mass is 256 g/mol. The number of allylic oxidation sites excluding steroid dienone is 2. The van der Waals surface area contributed by atoms with E-state index >= 15 is 0 Å². The molecule has 1 aromatic carbocycles. The Hall–Kier alpha value is -2.16. The van der Waals surface area contributed by atoms with Crippen molar-refractivity contribution in [2.45, 2.75) is 20.3 Å². The molecule has 1 aliphatic carbocycles. The SMILES string of the molecule is C=CC(C)(C)CC1=C(O)c2ccccc2C(=O)C1=O. The Morgan fingerprint density at radius 2 is 1.74 bits per heavy atom. The highest BCUT2D eigenvalue weighted by atomic mass is 16.3. The first-order chi connectivity index (χ1) is 8.87. The van der Waals surface area contributed by atoms with Gasteiger partial charge in [-0.1, -0.05) is 44.2 Å². The summed E-state index contributed by atoms with van der Waals surface area (Å²) in [5, 5.41) is 10.2. The maximum Gasteiger partial charge on any atom is 0.234 e. The van der Waals surface area contributed by atoms with Gasteiger partial charge in [-0.15, -0.1) is 6.58 Å². The maximum atomic E-state index is 12.1. The van der Waals surface area contributed by atoms with Crippen LogP contribution in [0.25, 0.3) is 5.76 Å². The molecule has 19 heavy (non-hydrogen) atoms. The molecule has 0 heterocycles. The van der Waals surface area contributed by atoms with Crippen LogP contribution < -0.4 is 0 Å². The number of rotatable bonds is 3. The Kier molecular flexibility index (Phi) is 3.14. The molecule has 1 aromatic rings.